The van der Waals surface area contributed by atoms with E-state index in [1.54, 1.807) is 0 Å². The fraction of sp³-hybridized carbons (Fsp3) is 0.0600. The molecule has 0 N–H and O–H groups in total. The van der Waals surface area contributed by atoms with Crippen LogP contribution in [0.5, 0.6) is 0 Å². The first-order valence-electron chi connectivity index (χ1n) is 17.5. The number of rotatable bonds is 8. The van der Waals surface area contributed by atoms with Gasteiger partial charge < -0.3 is 4.98 Å². The number of hydrogen-bond acceptors (Lipinski definition) is 1. The molecule has 52 heavy (non-hydrogen) atoms. The Bertz CT molecular complexity index is 2410. The zero-order valence-electron chi connectivity index (χ0n) is 29.3. The van der Waals surface area contributed by atoms with E-state index in [-0.39, 0.29) is 25.5 Å². The van der Waals surface area contributed by atoms with Crippen LogP contribution in [0.25, 0.3) is 66.9 Å². The minimum atomic E-state index is -0.0603. The van der Waals surface area contributed by atoms with Gasteiger partial charge in [-0.3, -0.25) is 0 Å². The van der Waals surface area contributed by atoms with Gasteiger partial charge in [-0.15, -0.1) is 35.4 Å². The third-order valence-corrected chi connectivity index (χ3v) is 9.98. The molecule has 2 heteroatoms. The van der Waals surface area contributed by atoms with Gasteiger partial charge in [0.2, 0.25) is 0 Å². The normalized spacial score (nSPS) is 11.1. The molecule has 0 saturated carbocycles. The number of aromatic nitrogens is 1. The van der Waals surface area contributed by atoms with Crippen molar-refractivity contribution in [1.82, 2.24) is 4.98 Å². The average molecular weight is 845 g/mol. The second-order valence-electron chi connectivity index (χ2n) is 13.6. The monoisotopic (exact) mass is 845 g/mol. The maximum Gasteiger partial charge on any atom is 0.0160 e. The Hall–Kier alpha value is -5.66. The summed E-state index contributed by atoms with van der Waals surface area (Å²) in [4.78, 5) is 4.50. The molecule has 1 radical (unpaired) electrons. The third kappa shape index (κ3) is 7.36. The molecule has 1 heterocycles. The van der Waals surface area contributed by atoms with Gasteiger partial charge in [-0.05, 0) is 91.2 Å². The molecule has 0 aliphatic rings. The van der Waals surface area contributed by atoms with Crippen molar-refractivity contribution in [3.63, 3.8) is 0 Å². The molecule has 0 amide bonds. The van der Waals surface area contributed by atoms with Crippen LogP contribution in [0.4, 0.5) is 0 Å². The molecule has 8 rings (SSSR count). The van der Waals surface area contributed by atoms with Crippen molar-refractivity contribution >= 4 is 0 Å². The van der Waals surface area contributed by atoms with Gasteiger partial charge in [-0.2, -0.15) is 0 Å². The van der Waals surface area contributed by atoms with Crippen molar-refractivity contribution < 1.29 is 20.1 Å². The summed E-state index contributed by atoms with van der Waals surface area (Å²) in [6.07, 6.45) is 1.82. The maximum atomic E-state index is 4.50. The summed E-state index contributed by atoms with van der Waals surface area (Å²) in [6, 6.07) is 70.7. The van der Waals surface area contributed by atoms with Crippen molar-refractivity contribution in [1.29, 1.82) is 0 Å². The first-order valence-corrected chi connectivity index (χ1v) is 17.5. The van der Waals surface area contributed by atoms with Crippen LogP contribution in [-0.2, 0) is 25.5 Å². The molecule has 8 aromatic rings. The summed E-state index contributed by atoms with van der Waals surface area (Å²) in [5.74, 6) is 0. The maximum absolute atomic E-state index is 4.50. The zero-order valence-corrected chi connectivity index (χ0v) is 31.7. The second-order valence-corrected chi connectivity index (χ2v) is 13.6. The molecular formula is C50H38IrN-. The van der Waals surface area contributed by atoms with E-state index in [0.29, 0.717) is 0 Å². The number of pyridine rings is 1. The van der Waals surface area contributed by atoms with Crippen LogP contribution in [0, 0.1) is 6.07 Å². The van der Waals surface area contributed by atoms with E-state index < -0.39 is 0 Å². The number of nitrogens with zero attached hydrogens (tertiary/aromatic N) is 1. The predicted molar refractivity (Wildman–Crippen MR) is 214 cm³/mol. The van der Waals surface area contributed by atoms with Crippen LogP contribution in [-0.4, -0.2) is 4.98 Å². The largest absolute Gasteiger partial charge is 0.305 e. The average Bonchev–Trinajstić information content (AvgIpc) is 3.22. The minimum absolute atomic E-state index is 0. The molecule has 1 nitrogen and oxygen atoms in total. The summed E-state index contributed by atoms with van der Waals surface area (Å²) < 4.78 is 0. The van der Waals surface area contributed by atoms with E-state index in [4.69, 9.17) is 0 Å². The van der Waals surface area contributed by atoms with Gasteiger partial charge >= 0.3 is 0 Å². The summed E-state index contributed by atoms with van der Waals surface area (Å²) in [5, 5.41) is 0. The zero-order chi connectivity index (χ0) is 34.6. The molecule has 253 valence electrons. The van der Waals surface area contributed by atoms with Crippen LogP contribution in [0.1, 0.15) is 25.0 Å². The standard InChI is InChI=1S/C50H38N.Ir/c1-50(2,47-20-4-3-5-21-47)48-29-27-38(28-30-48)40-13-9-16-43(33-40)45-18-10-17-44(34-45)42-15-8-12-39(32-42)36-23-25-37(26-24-36)41-14-11-19-46(35-41)49-22-6-7-31-51-49;/h3-18,20-35H,1-2H3;/q-1;. The van der Waals surface area contributed by atoms with E-state index in [1.807, 2.05) is 30.5 Å². The predicted octanol–water partition coefficient (Wildman–Crippen LogP) is 13.2. The molecule has 7 aromatic carbocycles. The third-order valence-electron chi connectivity index (χ3n) is 9.98. The Morgan fingerprint density at radius 1 is 0.385 bits per heavy atom. The van der Waals surface area contributed by atoms with Gasteiger partial charge in [-0.1, -0.05) is 159 Å². The van der Waals surface area contributed by atoms with Crippen LogP contribution >= 0.6 is 0 Å². The number of benzene rings is 7. The van der Waals surface area contributed by atoms with Crippen LogP contribution in [0.2, 0.25) is 0 Å². The van der Waals surface area contributed by atoms with Crippen LogP contribution < -0.4 is 0 Å². The molecule has 0 fully saturated rings. The van der Waals surface area contributed by atoms with Gasteiger partial charge in [0.15, 0.2) is 0 Å². The Balaban J connectivity index is 0.00000420. The van der Waals surface area contributed by atoms with Gasteiger partial charge in [-0.25, -0.2) is 0 Å². The SMILES string of the molecule is CC(C)(c1ccccc1)c1ccc(-c2cccc(-c3cccc(-c4cccc(-c5ccc(-c6cc[c-]c(-c7ccccn7)c6)cc5)c4)c3)c2)cc1.[Ir]. The van der Waals surface area contributed by atoms with E-state index in [2.05, 4.69) is 189 Å². The van der Waals surface area contributed by atoms with Gasteiger partial charge in [0.1, 0.15) is 0 Å². The first kappa shape index (κ1) is 34.8. The van der Waals surface area contributed by atoms with Crippen LogP contribution in [0.3, 0.4) is 0 Å². The van der Waals surface area contributed by atoms with E-state index in [0.717, 1.165) is 16.8 Å². The second kappa shape index (κ2) is 15.3. The molecular weight excluding hydrogens is 807 g/mol. The Labute approximate surface area is 321 Å². The summed E-state index contributed by atoms with van der Waals surface area (Å²) >= 11 is 0. The molecule has 1 aromatic heterocycles. The molecule has 0 unspecified atom stereocenters. The van der Waals surface area contributed by atoms with Crippen molar-refractivity contribution in [3.05, 3.63) is 211 Å². The molecule has 0 atom stereocenters. The van der Waals surface area contributed by atoms with E-state index in [1.165, 1.54) is 61.2 Å². The van der Waals surface area contributed by atoms with Crippen LogP contribution in [0.15, 0.2) is 194 Å². The summed E-state index contributed by atoms with van der Waals surface area (Å²) in [6.45, 7) is 4.59. The van der Waals surface area contributed by atoms with Gasteiger partial charge in [0, 0.05) is 31.7 Å². The van der Waals surface area contributed by atoms with Crippen molar-refractivity contribution in [2.45, 2.75) is 19.3 Å². The number of hydrogen-bond donors (Lipinski definition) is 0. The van der Waals surface area contributed by atoms with Crippen molar-refractivity contribution in [2.24, 2.45) is 0 Å². The summed E-state index contributed by atoms with van der Waals surface area (Å²) in [7, 11) is 0. The fourth-order valence-electron chi connectivity index (χ4n) is 6.91. The van der Waals surface area contributed by atoms with Crippen molar-refractivity contribution in [2.75, 3.05) is 0 Å². The molecule has 0 bridgehead atoms. The Kier molecular flexibility index (Phi) is 10.2. The van der Waals surface area contributed by atoms with Gasteiger partial charge in [0.25, 0.3) is 0 Å². The smallest absolute Gasteiger partial charge is 0.0160 e. The minimum Gasteiger partial charge on any atom is -0.305 e. The van der Waals surface area contributed by atoms with E-state index >= 15 is 0 Å². The van der Waals surface area contributed by atoms with E-state index in [9.17, 15) is 0 Å². The molecule has 0 aliphatic carbocycles. The molecule has 0 spiro atoms. The Morgan fingerprint density at radius 3 is 1.29 bits per heavy atom. The molecule has 0 saturated heterocycles. The fourth-order valence-corrected chi connectivity index (χ4v) is 6.91. The van der Waals surface area contributed by atoms with Crippen molar-refractivity contribution in [3.8, 4) is 66.9 Å². The Morgan fingerprint density at radius 2 is 0.808 bits per heavy atom. The molecule has 0 aliphatic heterocycles. The quantitative estimate of drug-likeness (QED) is 0.139. The van der Waals surface area contributed by atoms with Gasteiger partial charge in [0.05, 0.1) is 0 Å². The first-order chi connectivity index (χ1) is 25.0. The summed E-state index contributed by atoms with van der Waals surface area (Å²) in [5.41, 5.74) is 16.5. The topological polar surface area (TPSA) is 12.9 Å².